The van der Waals surface area contributed by atoms with Crippen LogP contribution in [0.25, 0.3) is 0 Å². The highest BCUT2D eigenvalue weighted by Gasteiger charge is 2.40. The van der Waals surface area contributed by atoms with Crippen molar-refractivity contribution in [2.75, 3.05) is 49.8 Å². The zero-order chi connectivity index (χ0) is 93.2. The highest BCUT2D eigenvalue weighted by molar-refractivity contribution is 7.98. The number of amides is 14. The molecule has 686 valence electrons. The molecule has 0 heterocycles. The van der Waals surface area contributed by atoms with Crippen molar-refractivity contribution in [3.63, 3.8) is 0 Å². The average Bonchev–Trinajstić information content (AvgIpc) is 0.849. The second kappa shape index (κ2) is 54.7. The number of carboxylic acid groups (broad SMARTS) is 2. The summed E-state index contributed by atoms with van der Waals surface area (Å²) in [5.41, 5.74) is 12.3. The fraction of sp³-hybridized carbons (Fsp3) is 0.494. The van der Waals surface area contributed by atoms with Gasteiger partial charge in [-0.3, -0.25) is 77.3 Å². The number of phenols is 2. The molecule has 0 radical (unpaired) electrons. The normalized spacial score (nSPS) is 14.9. The fourth-order valence-electron chi connectivity index (χ4n) is 12.3. The summed E-state index contributed by atoms with van der Waals surface area (Å²) in [4.78, 5) is 223. The molecule has 4 aromatic carbocycles. The van der Waals surface area contributed by atoms with Gasteiger partial charge in [-0.1, -0.05) is 119 Å². The van der Waals surface area contributed by atoms with Crippen LogP contribution >= 0.6 is 37.0 Å². The Bertz CT molecular complexity index is 4280. The molecule has 0 aliphatic rings. The smallest absolute Gasteiger partial charge is 0.326 e. The van der Waals surface area contributed by atoms with E-state index in [1.807, 2.05) is 0 Å². The molecule has 0 saturated carbocycles. The van der Waals surface area contributed by atoms with Gasteiger partial charge in [0.25, 0.3) is 0 Å². The van der Waals surface area contributed by atoms with E-state index in [9.17, 15) is 108 Å². The second-order valence-corrected chi connectivity index (χ2v) is 31.5. The third-order valence-electron chi connectivity index (χ3n) is 19.4. The lowest BCUT2D eigenvalue weighted by atomic mass is 9.96. The monoisotopic (exact) mass is 1800 g/mol. The number of aliphatic carboxylic acids is 2. The van der Waals surface area contributed by atoms with Crippen LogP contribution in [-0.2, 0) is 102 Å². The quantitative estimate of drug-likeness (QED) is 0.00852. The molecule has 4 aromatic rings. The van der Waals surface area contributed by atoms with Crippen molar-refractivity contribution in [2.24, 2.45) is 23.3 Å². The predicted molar refractivity (Wildman–Crippen MR) is 465 cm³/mol. The Morgan fingerprint density at radius 1 is 0.424 bits per heavy atom. The van der Waals surface area contributed by atoms with Crippen LogP contribution in [-0.4, -0.2) is 277 Å². The first kappa shape index (κ1) is 106. The minimum absolute atomic E-state index is 0.105. The summed E-state index contributed by atoms with van der Waals surface area (Å²) in [7, 11) is 0. The molecule has 0 aliphatic carbocycles. The number of hydrogen-bond donors (Lipinski definition) is 27. The zero-order valence-corrected chi connectivity index (χ0v) is 72.5. The Labute approximate surface area is 737 Å². The molecular formula is C81H116N18O23S3. The number of rotatable bonds is 55. The number of nitrogens with two attached hydrogens (primary N) is 2. The van der Waals surface area contributed by atoms with Gasteiger partial charge < -0.3 is 127 Å². The number of aliphatic hydroxyl groups excluding tert-OH is 3. The Kier molecular flexibility index (Phi) is 46.2. The number of thiol groups is 2. The number of phenolic OH excluding ortho intramolecular Hbond substituents is 2. The number of carbonyl (C=O) groups excluding carboxylic acids is 14. The molecular weight excluding hydrogens is 1690 g/mol. The standard InChI is InChI=1S/C81H116N18O23S3/c1-7-43(4)65(98-75(116)60(39-101)95-73(114)58(36-64(106)107)93-71(112)56(34-47-20-24-49(103)25-21-47)90-70(111)55(33-46-17-12-9-13-18-46)92-74(115)59(38-100)86-63(105)37-82)78(119)94-53(31-42(2)3)68(109)89-54(32-45-15-10-8-11-16-45)69(110)91-57(35-48-22-26-50(104)27-23-48)72(113)96-61(40-123)76(117)87-51(28-30-125-6)67(108)99-66(44(5)102)79(120)97-62(41-124)77(118)88-52(80(121)122)19-14-29-85-81(83)84/h8-13,15-18,20-27,42-44,51-62,65-66,100-104,123-124H,7,14,19,28-41,82H2,1-6H3,(H,86,105)(H,87,117)(H,88,118)(H,89,109)(H,90,111)(H,91,110)(H,92,115)(H,93,112)(H,94,119)(H,95,114)(H,96,113)(H,97,120)(H,98,116)(H,99,108)(H,106,107)(H,121,122)(H4,83,84,85)/t43-,44+,51-,52-,53-,54-,55-,56-,57-,58-,59-,60-,61-,62-,65-,66-/m0/s1. The third kappa shape index (κ3) is 37.2. The van der Waals surface area contributed by atoms with E-state index in [2.05, 4.69) is 105 Å². The first-order valence-corrected chi connectivity index (χ1v) is 42.7. The molecule has 41 nitrogen and oxygen atoms in total. The van der Waals surface area contributed by atoms with Gasteiger partial charge in [0, 0.05) is 43.7 Å². The molecule has 0 spiro atoms. The molecule has 16 atom stereocenters. The number of carboxylic acids is 2. The number of hydrogen-bond acceptors (Lipinski definition) is 26. The Morgan fingerprint density at radius 3 is 1.15 bits per heavy atom. The molecule has 0 bridgehead atoms. The van der Waals surface area contributed by atoms with Crippen molar-refractivity contribution in [1.82, 2.24) is 79.8 Å². The van der Waals surface area contributed by atoms with Gasteiger partial charge >= 0.3 is 11.9 Å². The van der Waals surface area contributed by atoms with Crippen molar-refractivity contribution in [1.29, 1.82) is 5.41 Å². The highest BCUT2D eigenvalue weighted by atomic mass is 32.2. The van der Waals surface area contributed by atoms with Gasteiger partial charge in [-0.05, 0) is 103 Å². The SMILES string of the molecule is CC[C@H](C)[C@H](NC(=O)[C@H](CO)NC(=O)[C@H](CC(=O)O)NC(=O)[C@H](Cc1ccc(O)cc1)NC(=O)[C@H](Cc1ccccc1)NC(=O)[C@H](CO)NC(=O)CN)C(=O)N[C@@H](CC(C)C)C(=O)N[C@@H](Cc1ccccc1)C(=O)N[C@@H](Cc1ccc(O)cc1)C(=O)N[C@@H](CS)C(=O)N[C@@H](CCSC)C(=O)N[C@H](C(=O)N[C@@H](CS)C(=O)N[C@@H](CCCNC(=N)N)C(=O)O)[C@@H](C)O. The number of nitrogens with one attached hydrogen (secondary N) is 16. The van der Waals surface area contributed by atoms with Gasteiger partial charge in [0.15, 0.2) is 5.96 Å². The fourth-order valence-corrected chi connectivity index (χ4v) is 13.3. The zero-order valence-electron chi connectivity index (χ0n) is 69.8. The van der Waals surface area contributed by atoms with E-state index in [1.165, 1.54) is 60.3 Å². The summed E-state index contributed by atoms with van der Waals surface area (Å²) in [5, 5.41) is 116. The average molecular weight is 1810 g/mol. The van der Waals surface area contributed by atoms with Crippen LogP contribution in [0.4, 0.5) is 0 Å². The van der Waals surface area contributed by atoms with Crippen LogP contribution in [0.3, 0.4) is 0 Å². The maximum atomic E-state index is 15.0. The Hall–Kier alpha value is -11.8. The maximum absolute atomic E-state index is 15.0. The van der Waals surface area contributed by atoms with Crippen LogP contribution in [0, 0.1) is 17.2 Å². The number of guanidine groups is 1. The Morgan fingerprint density at radius 2 is 0.760 bits per heavy atom. The van der Waals surface area contributed by atoms with E-state index in [1.54, 1.807) is 94.6 Å². The van der Waals surface area contributed by atoms with Crippen molar-refractivity contribution in [2.45, 2.75) is 190 Å². The van der Waals surface area contributed by atoms with Crippen LogP contribution in [0.1, 0.15) is 95.4 Å². The summed E-state index contributed by atoms with van der Waals surface area (Å²) in [6, 6.07) is 4.13. The number of aliphatic hydroxyl groups is 3. The highest BCUT2D eigenvalue weighted by Crippen LogP contribution is 2.18. The third-order valence-corrected chi connectivity index (χ3v) is 20.7. The summed E-state index contributed by atoms with van der Waals surface area (Å²) in [6.07, 6.45) is -2.38. The number of aromatic hydroxyl groups is 2. The minimum Gasteiger partial charge on any atom is -0.508 e. The van der Waals surface area contributed by atoms with E-state index in [-0.39, 0.29) is 92.8 Å². The van der Waals surface area contributed by atoms with Gasteiger partial charge in [0.05, 0.1) is 32.3 Å². The molecule has 4 rings (SSSR count). The first-order chi connectivity index (χ1) is 59.3. The Balaban J connectivity index is 1.61. The van der Waals surface area contributed by atoms with Gasteiger partial charge in [0.1, 0.15) is 96.1 Å². The van der Waals surface area contributed by atoms with Gasteiger partial charge in [-0.25, -0.2) is 4.79 Å². The molecule has 0 fully saturated rings. The van der Waals surface area contributed by atoms with Crippen molar-refractivity contribution in [3.05, 3.63) is 131 Å². The summed E-state index contributed by atoms with van der Waals surface area (Å²) < 4.78 is 0. The van der Waals surface area contributed by atoms with Crippen molar-refractivity contribution in [3.8, 4) is 11.5 Å². The molecule has 0 unspecified atom stereocenters. The predicted octanol–water partition coefficient (Wildman–Crippen LogP) is -4.99. The molecule has 125 heavy (non-hydrogen) atoms. The van der Waals surface area contributed by atoms with Crippen molar-refractivity contribution >= 4 is 138 Å². The van der Waals surface area contributed by atoms with Gasteiger partial charge in [0.2, 0.25) is 82.7 Å². The van der Waals surface area contributed by atoms with Gasteiger partial charge in [-0.2, -0.15) is 37.0 Å². The van der Waals surface area contributed by atoms with Crippen molar-refractivity contribution < 1.29 is 112 Å². The molecule has 27 N–H and O–H groups in total. The number of thioether (sulfide) groups is 1. The van der Waals surface area contributed by atoms with Crippen LogP contribution in [0.5, 0.6) is 11.5 Å². The minimum atomic E-state index is -2.08. The van der Waals surface area contributed by atoms with Crippen LogP contribution in [0.2, 0.25) is 0 Å². The lowest BCUT2D eigenvalue weighted by Gasteiger charge is -2.30. The first-order valence-electron chi connectivity index (χ1n) is 40.0. The lowest BCUT2D eigenvalue weighted by molar-refractivity contribution is -0.142. The number of carbonyl (C=O) groups is 16. The second-order valence-electron chi connectivity index (χ2n) is 29.8. The van der Waals surface area contributed by atoms with Crippen LogP contribution < -0.4 is 91.2 Å². The molecule has 14 amide bonds. The molecule has 0 aromatic heterocycles. The molecule has 44 heteroatoms. The van der Waals surface area contributed by atoms with Crippen LogP contribution in [0.15, 0.2) is 109 Å². The van der Waals surface area contributed by atoms with E-state index in [0.29, 0.717) is 22.3 Å². The topological polar surface area (TPSA) is 671 Å². The lowest BCUT2D eigenvalue weighted by Crippen LogP contribution is -2.62. The van der Waals surface area contributed by atoms with E-state index < -0.39 is 230 Å². The summed E-state index contributed by atoms with van der Waals surface area (Å²) >= 11 is 9.74. The molecule has 0 aliphatic heterocycles. The molecule has 0 saturated heterocycles. The summed E-state index contributed by atoms with van der Waals surface area (Å²) in [5.74, 6) is -20.3. The van der Waals surface area contributed by atoms with Gasteiger partial charge in [-0.15, -0.1) is 0 Å². The number of benzene rings is 4. The van der Waals surface area contributed by atoms with E-state index in [0.717, 1.165) is 6.92 Å². The summed E-state index contributed by atoms with van der Waals surface area (Å²) in [6.45, 7) is 5.18. The van der Waals surface area contributed by atoms with E-state index in [4.69, 9.17) is 16.9 Å². The largest absolute Gasteiger partial charge is 0.508 e. The van der Waals surface area contributed by atoms with E-state index >= 15 is 4.79 Å². The maximum Gasteiger partial charge on any atom is 0.326 e.